The molecule has 2 aromatic rings. The maximum absolute atomic E-state index is 12.6. The van der Waals surface area contributed by atoms with Crippen LogP contribution in [0.1, 0.15) is 80.0 Å². The number of halogens is 3. The number of hydrogen-bond acceptors (Lipinski definition) is 0. The first-order valence-corrected chi connectivity index (χ1v) is 10.7. The second-order valence-corrected chi connectivity index (χ2v) is 8.09. The van der Waals surface area contributed by atoms with Crippen molar-refractivity contribution in [1.29, 1.82) is 0 Å². The minimum atomic E-state index is -4.29. The lowest BCUT2D eigenvalue weighted by atomic mass is 9.78. The normalized spacial score (nSPS) is 19.4. The highest BCUT2D eigenvalue weighted by atomic mass is 19.4. The second kappa shape index (κ2) is 10.0. The first kappa shape index (κ1) is 21.5. The molecule has 1 saturated carbocycles. The minimum absolute atomic E-state index is 0.335. The lowest BCUT2D eigenvalue weighted by Gasteiger charge is -2.26. The average Bonchev–Trinajstić information content (AvgIpc) is 2.73. The predicted octanol–water partition coefficient (Wildman–Crippen LogP) is 7.76. The summed E-state index contributed by atoms with van der Waals surface area (Å²) < 4.78 is 37.9. The molecule has 1 aliphatic rings. The van der Waals surface area contributed by atoms with E-state index < -0.39 is 11.7 Å². The smallest absolute Gasteiger partial charge is 0.166 e. The van der Waals surface area contributed by atoms with Gasteiger partial charge in [0.05, 0.1) is 5.56 Å². The third kappa shape index (κ3) is 6.39. The van der Waals surface area contributed by atoms with Gasteiger partial charge in [-0.2, -0.15) is 13.2 Å². The quantitative estimate of drug-likeness (QED) is 0.356. The third-order valence-corrected chi connectivity index (χ3v) is 5.88. The van der Waals surface area contributed by atoms with E-state index in [0.29, 0.717) is 17.4 Å². The van der Waals surface area contributed by atoms with Gasteiger partial charge in [0.1, 0.15) is 0 Å². The van der Waals surface area contributed by atoms with Crippen LogP contribution in [0.25, 0.3) is 0 Å². The Morgan fingerprint density at radius 3 is 2.10 bits per heavy atom. The van der Waals surface area contributed by atoms with E-state index in [1.54, 1.807) is 0 Å². The van der Waals surface area contributed by atoms with Crippen molar-refractivity contribution in [3.05, 3.63) is 70.8 Å². The summed E-state index contributed by atoms with van der Waals surface area (Å²) in [5.41, 5.74) is 2.88. The van der Waals surface area contributed by atoms with Gasteiger partial charge in [0.25, 0.3) is 0 Å². The van der Waals surface area contributed by atoms with Crippen LogP contribution in [0.2, 0.25) is 0 Å². The molecule has 0 spiro atoms. The molecular formula is C26H29F3. The maximum Gasteiger partial charge on any atom is 0.416 e. The Balaban J connectivity index is 1.50. The third-order valence-electron chi connectivity index (χ3n) is 5.88. The number of benzene rings is 2. The van der Waals surface area contributed by atoms with Gasteiger partial charge in [-0.3, -0.25) is 0 Å². The molecule has 0 radical (unpaired) electrons. The van der Waals surface area contributed by atoms with Gasteiger partial charge in [-0.1, -0.05) is 55.9 Å². The molecule has 3 heteroatoms. The van der Waals surface area contributed by atoms with E-state index >= 15 is 0 Å². The second-order valence-electron chi connectivity index (χ2n) is 8.09. The molecule has 154 valence electrons. The molecule has 0 bridgehead atoms. The Kier molecular flexibility index (Phi) is 7.42. The zero-order valence-corrected chi connectivity index (χ0v) is 17.1. The lowest BCUT2D eigenvalue weighted by Crippen LogP contribution is -2.12. The molecule has 3 rings (SSSR count). The van der Waals surface area contributed by atoms with Gasteiger partial charge < -0.3 is 0 Å². The summed E-state index contributed by atoms with van der Waals surface area (Å²) in [6, 6.07) is 14.3. The summed E-state index contributed by atoms with van der Waals surface area (Å²) in [4.78, 5) is 0. The molecule has 2 aromatic carbocycles. The summed E-state index contributed by atoms with van der Waals surface area (Å²) in [6.45, 7) is 2.23. The predicted molar refractivity (Wildman–Crippen MR) is 113 cm³/mol. The van der Waals surface area contributed by atoms with Crippen LogP contribution in [0.15, 0.2) is 48.5 Å². The van der Waals surface area contributed by atoms with Crippen molar-refractivity contribution in [2.24, 2.45) is 5.92 Å². The number of rotatable bonds is 5. The Labute approximate surface area is 172 Å². The Bertz CT molecular complexity index is 811. The van der Waals surface area contributed by atoms with E-state index in [9.17, 15) is 13.2 Å². The molecule has 1 aliphatic carbocycles. The summed E-state index contributed by atoms with van der Waals surface area (Å²) in [5, 5.41) is 0. The number of alkyl halides is 3. The van der Waals surface area contributed by atoms with Crippen molar-refractivity contribution in [3.8, 4) is 11.8 Å². The molecule has 0 aromatic heterocycles. The highest BCUT2D eigenvalue weighted by Gasteiger charge is 2.29. The van der Waals surface area contributed by atoms with Crippen LogP contribution in [0.3, 0.4) is 0 Å². The van der Waals surface area contributed by atoms with Crippen LogP contribution in [-0.2, 0) is 12.6 Å². The van der Waals surface area contributed by atoms with Crippen LogP contribution in [0, 0.1) is 17.8 Å². The molecule has 0 N–H and O–H groups in total. The minimum Gasteiger partial charge on any atom is -0.166 e. The van der Waals surface area contributed by atoms with Crippen LogP contribution in [0.4, 0.5) is 13.2 Å². The Hall–Kier alpha value is -2.21. The van der Waals surface area contributed by atoms with Crippen LogP contribution < -0.4 is 0 Å². The van der Waals surface area contributed by atoms with Gasteiger partial charge in [0.2, 0.25) is 0 Å². The fraction of sp³-hybridized carbons (Fsp3) is 0.462. The zero-order valence-electron chi connectivity index (χ0n) is 17.1. The van der Waals surface area contributed by atoms with Gasteiger partial charge in [-0.05, 0) is 79.8 Å². The molecule has 0 heterocycles. The van der Waals surface area contributed by atoms with Crippen molar-refractivity contribution in [2.45, 2.75) is 70.4 Å². The number of aryl methyl sites for hydroxylation is 1. The van der Waals surface area contributed by atoms with Crippen LogP contribution in [-0.4, -0.2) is 0 Å². The fourth-order valence-electron chi connectivity index (χ4n) is 4.03. The fourth-order valence-corrected chi connectivity index (χ4v) is 4.03. The molecule has 0 saturated heterocycles. The van der Waals surface area contributed by atoms with Gasteiger partial charge in [-0.25, -0.2) is 0 Å². The monoisotopic (exact) mass is 398 g/mol. The van der Waals surface area contributed by atoms with Crippen molar-refractivity contribution >= 4 is 0 Å². The summed E-state index contributed by atoms with van der Waals surface area (Å²) >= 11 is 0. The first-order chi connectivity index (χ1) is 14.0. The average molecular weight is 399 g/mol. The lowest BCUT2D eigenvalue weighted by molar-refractivity contribution is -0.137. The van der Waals surface area contributed by atoms with Crippen molar-refractivity contribution < 1.29 is 13.2 Å². The largest absolute Gasteiger partial charge is 0.416 e. The molecule has 29 heavy (non-hydrogen) atoms. The zero-order chi connectivity index (χ0) is 20.7. The van der Waals surface area contributed by atoms with E-state index in [1.807, 2.05) is 0 Å². The highest BCUT2D eigenvalue weighted by Crippen LogP contribution is 2.35. The van der Waals surface area contributed by atoms with Crippen LogP contribution in [0.5, 0.6) is 0 Å². The van der Waals surface area contributed by atoms with E-state index in [2.05, 4.69) is 43.0 Å². The standard InChI is InChI=1S/C26H29F3/c1-2-3-4-5-20-8-14-23(15-9-20)24-16-10-21(11-17-24)6-7-22-12-18-25(19-13-22)26(27,28)29/h8-9,12-15,18-19,21,24H,2-5,10-11,16-17H2,1H3. The van der Waals surface area contributed by atoms with Gasteiger partial charge in [0.15, 0.2) is 0 Å². The molecule has 0 amide bonds. The molecule has 0 nitrogen and oxygen atoms in total. The van der Waals surface area contributed by atoms with Gasteiger partial charge in [0, 0.05) is 11.5 Å². The van der Waals surface area contributed by atoms with Crippen LogP contribution >= 0.6 is 0 Å². The van der Waals surface area contributed by atoms with E-state index in [1.165, 1.54) is 48.9 Å². The SMILES string of the molecule is CCCCCc1ccc(C2CCC(C#Cc3ccc(C(F)(F)F)cc3)CC2)cc1. The summed E-state index contributed by atoms with van der Waals surface area (Å²) in [6.07, 6.45) is 5.04. The molecule has 0 unspecified atom stereocenters. The molecule has 1 fully saturated rings. The van der Waals surface area contributed by atoms with E-state index in [-0.39, 0.29) is 0 Å². The topological polar surface area (TPSA) is 0 Å². The van der Waals surface area contributed by atoms with E-state index in [4.69, 9.17) is 0 Å². The van der Waals surface area contributed by atoms with Crippen molar-refractivity contribution in [3.63, 3.8) is 0 Å². The van der Waals surface area contributed by atoms with Gasteiger partial charge in [-0.15, -0.1) is 0 Å². The van der Waals surface area contributed by atoms with Gasteiger partial charge >= 0.3 is 6.18 Å². The molecule has 0 atom stereocenters. The van der Waals surface area contributed by atoms with E-state index in [0.717, 1.165) is 37.8 Å². The summed E-state index contributed by atoms with van der Waals surface area (Å²) in [5.74, 6) is 7.27. The van der Waals surface area contributed by atoms with Crippen molar-refractivity contribution in [1.82, 2.24) is 0 Å². The molecule has 0 aliphatic heterocycles. The Morgan fingerprint density at radius 1 is 0.862 bits per heavy atom. The number of hydrogen-bond donors (Lipinski definition) is 0. The molecular weight excluding hydrogens is 369 g/mol. The first-order valence-electron chi connectivity index (χ1n) is 10.7. The number of unbranched alkanes of at least 4 members (excludes halogenated alkanes) is 2. The maximum atomic E-state index is 12.6. The van der Waals surface area contributed by atoms with Crippen molar-refractivity contribution in [2.75, 3.05) is 0 Å². The Morgan fingerprint density at radius 2 is 1.52 bits per heavy atom. The summed E-state index contributed by atoms with van der Waals surface area (Å²) in [7, 11) is 0. The highest BCUT2D eigenvalue weighted by molar-refractivity contribution is 5.37.